The molecule has 106 valence electrons. The van der Waals surface area contributed by atoms with E-state index in [4.69, 9.17) is 5.73 Å². The maximum atomic E-state index is 11.1. The van der Waals surface area contributed by atoms with Gasteiger partial charge < -0.3 is 20.5 Å². The van der Waals surface area contributed by atoms with E-state index in [2.05, 4.69) is 0 Å². The monoisotopic (exact) mass is 263 g/mol. The summed E-state index contributed by atoms with van der Waals surface area (Å²) in [5, 5.41) is 11.1. The molecule has 0 spiro atoms. The highest BCUT2D eigenvalue weighted by Crippen LogP contribution is 2.14. The maximum absolute atomic E-state index is 11.1. The molecular weight excluding hydrogens is 240 g/mol. The molecule has 4 heteroatoms. The van der Waals surface area contributed by atoms with Crippen LogP contribution in [-0.4, -0.2) is 29.1 Å². The summed E-state index contributed by atoms with van der Waals surface area (Å²) in [6.45, 7) is 5.96. The molecule has 0 saturated heterocycles. The van der Waals surface area contributed by atoms with Gasteiger partial charge in [-0.15, -0.1) is 0 Å². The number of nitrogens with zero attached hydrogens (tertiary/aromatic N) is 1. The first-order valence-corrected chi connectivity index (χ1v) is 6.59. The minimum Gasteiger partial charge on any atom is -0.530 e. The molecule has 0 aliphatic heterocycles. The third kappa shape index (κ3) is 5.30. The first-order valence-electron chi connectivity index (χ1n) is 6.59. The van der Waals surface area contributed by atoms with Crippen molar-refractivity contribution in [3.8, 4) is 0 Å². The molecule has 4 nitrogen and oxygen atoms in total. The molecule has 1 aromatic carbocycles. The molecule has 1 aromatic rings. The van der Waals surface area contributed by atoms with Crippen molar-refractivity contribution in [2.75, 3.05) is 6.54 Å². The van der Waals surface area contributed by atoms with Gasteiger partial charge in [-0.3, -0.25) is 0 Å². The maximum Gasteiger partial charge on any atom is 0.137 e. The molecule has 2 N–H and O–H groups in total. The summed E-state index contributed by atoms with van der Waals surface area (Å²) in [4.78, 5) is 12.4. The van der Waals surface area contributed by atoms with Crippen LogP contribution in [0.3, 0.4) is 0 Å². The van der Waals surface area contributed by atoms with Crippen LogP contribution in [0.4, 0.5) is 4.79 Å². The van der Waals surface area contributed by atoms with E-state index in [0.29, 0.717) is 13.0 Å². The number of hydrogen-bond acceptors (Lipinski definition) is 3. The van der Waals surface area contributed by atoms with Gasteiger partial charge in [-0.25, -0.2) is 0 Å². The molecule has 1 unspecified atom stereocenters. The summed E-state index contributed by atoms with van der Waals surface area (Å²) < 4.78 is 0. The minimum atomic E-state index is -1.14. The lowest BCUT2D eigenvalue weighted by atomic mass is 10.0. The quantitative estimate of drug-likeness (QED) is 0.872. The van der Waals surface area contributed by atoms with Crippen molar-refractivity contribution in [3.63, 3.8) is 0 Å². The van der Waals surface area contributed by atoms with Gasteiger partial charge >= 0.3 is 0 Å². The fraction of sp³-hybridized carbons (Fsp3) is 0.533. The SMILES string of the molecule is CC(C)(C)N(CCC(N)Cc1ccccc1)C(=O)[O-]. The fourth-order valence-electron chi connectivity index (χ4n) is 2.01. The van der Waals surface area contributed by atoms with E-state index in [1.807, 2.05) is 51.1 Å². The molecule has 1 rings (SSSR count). The Morgan fingerprint density at radius 1 is 1.32 bits per heavy atom. The molecular formula is C15H23N2O2-. The highest BCUT2D eigenvalue weighted by Gasteiger charge is 2.21. The minimum absolute atomic E-state index is 0.0494. The number of carboxylic acid groups (broad SMARTS) is 1. The predicted molar refractivity (Wildman–Crippen MR) is 74.6 cm³/mol. The van der Waals surface area contributed by atoms with E-state index in [1.54, 1.807) is 0 Å². The number of amides is 1. The number of carbonyl (C=O) groups excluding carboxylic acids is 1. The Bertz CT molecular complexity index is 398. The second kappa shape index (κ2) is 6.57. The number of hydrogen-bond donors (Lipinski definition) is 1. The Morgan fingerprint density at radius 3 is 2.37 bits per heavy atom. The van der Waals surface area contributed by atoms with Crippen molar-refractivity contribution in [2.45, 2.75) is 45.2 Å². The first-order chi connectivity index (χ1) is 8.80. The second-order valence-electron chi connectivity index (χ2n) is 5.83. The van der Waals surface area contributed by atoms with Crippen molar-refractivity contribution >= 4 is 6.09 Å². The molecule has 1 atom stereocenters. The Hall–Kier alpha value is -1.55. The molecule has 0 aliphatic rings. The summed E-state index contributed by atoms with van der Waals surface area (Å²) in [5.41, 5.74) is 6.78. The van der Waals surface area contributed by atoms with Gasteiger partial charge in [0.2, 0.25) is 0 Å². The van der Waals surface area contributed by atoms with Crippen LogP contribution >= 0.6 is 0 Å². The third-order valence-electron chi connectivity index (χ3n) is 3.09. The lowest BCUT2D eigenvalue weighted by Crippen LogP contribution is -2.52. The topological polar surface area (TPSA) is 69.4 Å². The second-order valence-corrected chi connectivity index (χ2v) is 5.83. The van der Waals surface area contributed by atoms with Crippen LogP contribution in [0, 0.1) is 0 Å². The van der Waals surface area contributed by atoms with E-state index < -0.39 is 11.6 Å². The first kappa shape index (κ1) is 15.5. The average molecular weight is 263 g/mol. The number of benzene rings is 1. The van der Waals surface area contributed by atoms with Crippen LogP contribution in [0.2, 0.25) is 0 Å². The normalized spacial score (nSPS) is 13.1. The molecule has 0 aromatic heterocycles. The van der Waals surface area contributed by atoms with Gasteiger partial charge in [-0.1, -0.05) is 30.3 Å². The van der Waals surface area contributed by atoms with Crippen LogP contribution < -0.4 is 10.8 Å². The summed E-state index contributed by atoms with van der Waals surface area (Å²) in [6, 6.07) is 9.92. The van der Waals surface area contributed by atoms with Gasteiger partial charge in [0.05, 0.1) is 0 Å². The van der Waals surface area contributed by atoms with Crippen molar-refractivity contribution in [2.24, 2.45) is 5.73 Å². The van der Waals surface area contributed by atoms with E-state index in [-0.39, 0.29) is 6.04 Å². The summed E-state index contributed by atoms with van der Waals surface area (Å²) in [6.07, 6.45) is 0.242. The van der Waals surface area contributed by atoms with Crippen LogP contribution in [0.1, 0.15) is 32.8 Å². The van der Waals surface area contributed by atoms with Crippen LogP contribution in [-0.2, 0) is 6.42 Å². The zero-order chi connectivity index (χ0) is 14.5. The van der Waals surface area contributed by atoms with E-state index in [1.165, 1.54) is 10.5 Å². The van der Waals surface area contributed by atoms with Gasteiger partial charge in [0.25, 0.3) is 0 Å². The molecule has 19 heavy (non-hydrogen) atoms. The molecule has 0 heterocycles. The lowest BCUT2D eigenvalue weighted by molar-refractivity contribution is -0.270. The molecule has 0 fully saturated rings. The van der Waals surface area contributed by atoms with Crippen LogP contribution in [0.15, 0.2) is 30.3 Å². The Balaban J connectivity index is 2.49. The van der Waals surface area contributed by atoms with E-state index in [9.17, 15) is 9.90 Å². The molecule has 0 aliphatic carbocycles. The largest absolute Gasteiger partial charge is 0.530 e. The predicted octanol–water partition coefficient (Wildman–Crippen LogP) is 1.39. The molecule has 0 bridgehead atoms. The highest BCUT2D eigenvalue weighted by molar-refractivity contribution is 5.63. The van der Waals surface area contributed by atoms with Crippen LogP contribution in [0.25, 0.3) is 0 Å². The average Bonchev–Trinajstić information content (AvgIpc) is 2.28. The Morgan fingerprint density at radius 2 is 1.89 bits per heavy atom. The number of carbonyl (C=O) groups is 1. The van der Waals surface area contributed by atoms with Gasteiger partial charge in [-0.2, -0.15) is 0 Å². The van der Waals surface area contributed by atoms with Crippen molar-refractivity contribution in [1.82, 2.24) is 4.90 Å². The fourth-order valence-corrected chi connectivity index (χ4v) is 2.01. The third-order valence-corrected chi connectivity index (χ3v) is 3.09. The van der Waals surface area contributed by atoms with E-state index in [0.717, 1.165) is 6.42 Å². The highest BCUT2D eigenvalue weighted by atomic mass is 16.4. The van der Waals surface area contributed by atoms with Gasteiger partial charge in [-0.05, 0) is 39.2 Å². The van der Waals surface area contributed by atoms with Gasteiger partial charge in [0.1, 0.15) is 6.09 Å². The molecule has 1 amide bonds. The number of nitrogens with two attached hydrogens (primary N) is 1. The smallest absolute Gasteiger partial charge is 0.137 e. The molecule has 0 radical (unpaired) electrons. The standard InChI is InChI=1S/C15H24N2O2/c1-15(2,3)17(14(18)19)10-9-13(16)11-12-7-5-4-6-8-12/h4-8,13H,9-11,16H2,1-3H3,(H,18,19)/p-1. The lowest BCUT2D eigenvalue weighted by Gasteiger charge is -2.38. The summed E-state index contributed by atoms with van der Waals surface area (Å²) in [7, 11) is 0. The van der Waals surface area contributed by atoms with E-state index >= 15 is 0 Å². The zero-order valence-electron chi connectivity index (χ0n) is 11.9. The van der Waals surface area contributed by atoms with Crippen molar-refractivity contribution in [3.05, 3.63) is 35.9 Å². The Labute approximate surface area is 115 Å². The summed E-state index contributed by atoms with van der Waals surface area (Å²) in [5.74, 6) is 0. The van der Waals surface area contributed by atoms with Crippen molar-refractivity contribution in [1.29, 1.82) is 0 Å². The zero-order valence-corrected chi connectivity index (χ0v) is 11.9. The Kier molecular flexibility index (Phi) is 5.36. The van der Waals surface area contributed by atoms with Crippen molar-refractivity contribution < 1.29 is 9.90 Å². The molecule has 0 saturated carbocycles. The summed E-state index contributed by atoms with van der Waals surface area (Å²) >= 11 is 0. The number of rotatable bonds is 5. The van der Waals surface area contributed by atoms with Gasteiger partial charge in [0.15, 0.2) is 0 Å². The van der Waals surface area contributed by atoms with Gasteiger partial charge in [0, 0.05) is 18.1 Å². The van der Waals surface area contributed by atoms with Crippen LogP contribution in [0.5, 0.6) is 0 Å².